The van der Waals surface area contributed by atoms with E-state index in [9.17, 15) is 9.90 Å². The molecule has 170 valence electrons. The van der Waals surface area contributed by atoms with Crippen LogP contribution in [0.15, 0.2) is 54.6 Å². The Morgan fingerprint density at radius 2 is 1.85 bits per heavy atom. The molecule has 8 heteroatoms. The number of carbonyl (C=O) groups is 1. The molecule has 6 nitrogen and oxygen atoms in total. The van der Waals surface area contributed by atoms with E-state index in [1.807, 2.05) is 30.3 Å². The molecule has 2 aromatic heterocycles. The zero-order chi connectivity index (χ0) is 23.9. The van der Waals surface area contributed by atoms with Gasteiger partial charge in [0.25, 0.3) is 0 Å². The number of ether oxygens (including phenoxy) is 1. The maximum Gasteiger partial charge on any atom is 0.337 e. The topological polar surface area (TPSA) is 76.7 Å². The van der Waals surface area contributed by atoms with Crippen LogP contribution in [-0.4, -0.2) is 31.3 Å². The monoisotopic (exact) mass is 467 g/mol. The Labute approximate surface area is 195 Å². The number of fused-ring (bicyclic) bond motifs is 1. The lowest BCUT2D eigenvalue weighted by atomic mass is 9.98. The number of carboxylic acid groups (broad SMARTS) is 1. The van der Waals surface area contributed by atoms with E-state index in [4.69, 9.17) is 16.3 Å². The highest BCUT2D eigenvalue weighted by atomic mass is 35.5. The Balaban J connectivity index is 2.08. The zero-order valence-corrected chi connectivity index (χ0v) is 19.4. The minimum atomic E-state index is -1.39. The smallest absolute Gasteiger partial charge is 0.337 e. The second-order valence-electron chi connectivity index (χ2n) is 8.70. The Kier molecular flexibility index (Phi) is 5.95. The van der Waals surface area contributed by atoms with Gasteiger partial charge < -0.3 is 9.84 Å². The van der Waals surface area contributed by atoms with Gasteiger partial charge in [0.1, 0.15) is 5.82 Å². The van der Waals surface area contributed by atoms with Crippen LogP contribution in [0.1, 0.15) is 38.1 Å². The standard InChI is InChI=1S/C25H23ClFN3O3/c1-14-21(23(24(31)32)33-25(2,3)4)22(17-11-10-16(26)12-18(17)27)30-20(28-14)13-19(29-30)15-8-6-5-7-9-15/h5-13,23H,1-4H3,(H,31,32). The summed E-state index contributed by atoms with van der Waals surface area (Å²) < 4.78 is 22.5. The molecule has 2 aromatic carbocycles. The molecule has 0 bridgehead atoms. The largest absolute Gasteiger partial charge is 0.479 e. The van der Waals surface area contributed by atoms with E-state index >= 15 is 4.39 Å². The van der Waals surface area contributed by atoms with E-state index in [2.05, 4.69) is 10.1 Å². The van der Waals surface area contributed by atoms with Crippen LogP contribution in [0.4, 0.5) is 4.39 Å². The van der Waals surface area contributed by atoms with Crippen molar-refractivity contribution in [1.82, 2.24) is 14.6 Å². The third-order valence-electron chi connectivity index (χ3n) is 5.04. The van der Waals surface area contributed by atoms with Gasteiger partial charge in [-0.25, -0.2) is 18.7 Å². The fourth-order valence-corrected chi connectivity index (χ4v) is 3.88. The number of hydrogen-bond acceptors (Lipinski definition) is 4. The summed E-state index contributed by atoms with van der Waals surface area (Å²) in [7, 11) is 0. The minimum Gasteiger partial charge on any atom is -0.479 e. The summed E-state index contributed by atoms with van der Waals surface area (Å²) in [4.78, 5) is 16.9. The molecule has 1 atom stereocenters. The van der Waals surface area contributed by atoms with E-state index < -0.39 is 23.5 Å². The van der Waals surface area contributed by atoms with Crippen molar-refractivity contribution < 1.29 is 19.0 Å². The highest BCUT2D eigenvalue weighted by Gasteiger charge is 2.33. The van der Waals surface area contributed by atoms with Gasteiger partial charge in [-0.15, -0.1) is 0 Å². The molecular formula is C25H23ClFN3O3. The summed E-state index contributed by atoms with van der Waals surface area (Å²) in [6.45, 7) is 6.96. The maximum atomic E-state index is 15.2. The van der Waals surface area contributed by atoms with Gasteiger partial charge >= 0.3 is 5.97 Å². The van der Waals surface area contributed by atoms with Gasteiger partial charge in [0.05, 0.1) is 17.0 Å². The lowest BCUT2D eigenvalue weighted by molar-refractivity contribution is -0.160. The molecule has 1 N–H and O–H groups in total. The Morgan fingerprint density at radius 3 is 2.45 bits per heavy atom. The molecule has 1 unspecified atom stereocenters. The fraction of sp³-hybridized carbons (Fsp3) is 0.240. The van der Waals surface area contributed by atoms with Gasteiger partial charge in [-0.3, -0.25) is 0 Å². The predicted molar refractivity (Wildman–Crippen MR) is 125 cm³/mol. The molecule has 0 aliphatic rings. The van der Waals surface area contributed by atoms with Gasteiger partial charge in [0.15, 0.2) is 11.8 Å². The summed E-state index contributed by atoms with van der Waals surface area (Å²) in [5, 5.41) is 15.0. The van der Waals surface area contributed by atoms with Crippen molar-refractivity contribution in [3.8, 4) is 22.5 Å². The molecule has 0 aliphatic heterocycles. The molecular weight excluding hydrogens is 445 g/mol. The van der Waals surface area contributed by atoms with Gasteiger partial charge in [-0.05, 0) is 45.9 Å². The van der Waals surface area contributed by atoms with Crippen LogP contribution in [0, 0.1) is 12.7 Å². The number of rotatable bonds is 5. The van der Waals surface area contributed by atoms with Gasteiger partial charge in [0.2, 0.25) is 0 Å². The summed E-state index contributed by atoms with van der Waals surface area (Å²) in [6, 6.07) is 15.5. The zero-order valence-electron chi connectivity index (χ0n) is 18.6. The average molecular weight is 468 g/mol. The molecule has 0 fully saturated rings. The highest BCUT2D eigenvalue weighted by Crippen LogP contribution is 2.37. The number of aliphatic carboxylic acids is 1. The van der Waals surface area contributed by atoms with Crippen LogP contribution in [-0.2, 0) is 9.53 Å². The molecule has 4 aromatic rings. The molecule has 2 heterocycles. The van der Waals surface area contributed by atoms with Crippen LogP contribution in [0.3, 0.4) is 0 Å². The van der Waals surface area contributed by atoms with Gasteiger partial charge in [0, 0.05) is 33.5 Å². The first kappa shape index (κ1) is 22.9. The van der Waals surface area contributed by atoms with Gasteiger partial charge in [-0.1, -0.05) is 41.9 Å². The van der Waals surface area contributed by atoms with Crippen LogP contribution < -0.4 is 0 Å². The van der Waals surface area contributed by atoms with Crippen molar-refractivity contribution >= 4 is 23.2 Å². The second-order valence-corrected chi connectivity index (χ2v) is 9.13. The number of benzene rings is 2. The quantitative estimate of drug-likeness (QED) is 0.383. The van der Waals surface area contributed by atoms with E-state index in [0.29, 0.717) is 17.0 Å². The average Bonchev–Trinajstić information content (AvgIpc) is 3.15. The van der Waals surface area contributed by atoms with Crippen molar-refractivity contribution in [2.24, 2.45) is 0 Å². The van der Waals surface area contributed by atoms with Crippen LogP contribution in [0.2, 0.25) is 5.02 Å². The predicted octanol–water partition coefficient (Wildman–Crippen LogP) is 6.11. The van der Waals surface area contributed by atoms with Crippen molar-refractivity contribution in [1.29, 1.82) is 0 Å². The van der Waals surface area contributed by atoms with E-state index in [0.717, 1.165) is 5.56 Å². The highest BCUT2D eigenvalue weighted by molar-refractivity contribution is 6.30. The van der Waals surface area contributed by atoms with Crippen LogP contribution >= 0.6 is 11.6 Å². The molecule has 0 amide bonds. The lowest BCUT2D eigenvalue weighted by Crippen LogP contribution is -2.29. The molecule has 33 heavy (non-hydrogen) atoms. The molecule has 0 spiro atoms. The van der Waals surface area contributed by atoms with Crippen LogP contribution in [0.5, 0.6) is 0 Å². The van der Waals surface area contributed by atoms with Crippen molar-refractivity contribution in [2.75, 3.05) is 0 Å². The van der Waals surface area contributed by atoms with Crippen LogP contribution in [0.25, 0.3) is 28.2 Å². The third-order valence-corrected chi connectivity index (χ3v) is 5.28. The van der Waals surface area contributed by atoms with Crippen molar-refractivity contribution in [3.63, 3.8) is 0 Å². The number of carboxylic acids is 1. The van der Waals surface area contributed by atoms with Crippen molar-refractivity contribution in [3.05, 3.63) is 76.7 Å². The minimum absolute atomic E-state index is 0.149. The molecule has 0 radical (unpaired) electrons. The molecule has 4 rings (SSSR count). The summed E-state index contributed by atoms with van der Waals surface area (Å²) >= 11 is 5.98. The lowest BCUT2D eigenvalue weighted by Gasteiger charge is -2.27. The van der Waals surface area contributed by atoms with E-state index in [1.165, 1.54) is 16.6 Å². The van der Waals surface area contributed by atoms with E-state index in [-0.39, 0.29) is 21.8 Å². The second kappa shape index (κ2) is 8.57. The maximum absolute atomic E-state index is 15.2. The number of halogens is 2. The van der Waals surface area contributed by atoms with Crippen molar-refractivity contribution in [2.45, 2.75) is 39.4 Å². The SMILES string of the molecule is Cc1nc2cc(-c3ccccc3)nn2c(-c2ccc(Cl)cc2F)c1C(OC(C)(C)C)C(=O)O. The number of hydrogen-bond donors (Lipinski definition) is 1. The first-order valence-corrected chi connectivity index (χ1v) is 10.7. The summed E-state index contributed by atoms with van der Waals surface area (Å²) in [6.07, 6.45) is -1.39. The first-order chi connectivity index (χ1) is 15.5. The Hall–Kier alpha value is -3.29. The van der Waals surface area contributed by atoms with Gasteiger partial charge in [-0.2, -0.15) is 5.10 Å². The first-order valence-electron chi connectivity index (χ1n) is 10.4. The van der Waals surface area contributed by atoms with E-state index in [1.54, 1.807) is 39.8 Å². The number of aromatic nitrogens is 3. The normalized spacial score (nSPS) is 12.8. The fourth-order valence-electron chi connectivity index (χ4n) is 3.72. The molecule has 0 saturated carbocycles. The molecule has 0 aliphatic carbocycles. The molecule has 0 saturated heterocycles. The number of aryl methyl sites for hydroxylation is 1. The summed E-state index contributed by atoms with van der Waals surface area (Å²) in [5.41, 5.74) is 2.20. The Bertz CT molecular complexity index is 1350. The number of nitrogens with zero attached hydrogens (tertiary/aromatic N) is 3. The summed E-state index contributed by atoms with van der Waals surface area (Å²) in [5.74, 6) is -1.81. The third kappa shape index (κ3) is 4.60. The Morgan fingerprint density at radius 1 is 1.15 bits per heavy atom.